The van der Waals surface area contributed by atoms with Gasteiger partial charge in [-0.2, -0.15) is 0 Å². The first-order chi connectivity index (χ1) is 8.00. The number of hydrogen-bond donors (Lipinski definition) is 1. The van der Waals surface area contributed by atoms with E-state index in [9.17, 15) is 9.59 Å². The molecule has 1 rings (SSSR count). The minimum absolute atomic E-state index is 0.196. The van der Waals surface area contributed by atoms with E-state index < -0.39 is 23.6 Å². The van der Waals surface area contributed by atoms with E-state index in [-0.39, 0.29) is 12.0 Å². The Balaban J connectivity index is 2.76. The summed E-state index contributed by atoms with van der Waals surface area (Å²) in [5.41, 5.74) is -0.754. The van der Waals surface area contributed by atoms with Crippen LogP contribution in [-0.2, 0) is 9.53 Å². The van der Waals surface area contributed by atoms with Crippen LogP contribution in [0.5, 0.6) is 0 Å². The van der Waals surface area contributed by atoms with Gasteiger partial charge in [-0.3, -0.25) is 4.79 Å². The molecule has 1 saturated heterocycles. The van der Waals surface area contributed by atoms with Crippen molar-refractivity contribution in [3.63, 3.8) is 0 Å². The number of carboxylic acid groups (broad SMARTS) is 1. The monoisotopic (exact) mass is 257 g/mol. The lowest BCUT2D eigenvalue weighted by molar-refractivity contribution is -0.145. The minimum Gasteiger partial charge on any atom is -0.481 e. The Morgan fingerprint density at radius 2 is 1.89 bits per heavy atom. The molecule has 0 aliphatic carbocycles. The molecule has 0 aromatic rings. The fraction of sp³-hybridized carbons (Fsp3) is 0.846. The lowest BCUT2D eigenvalue weighted by atomic mass is 9.79. The van der Waals surface area contributed by atoms with Crippen LogP contribution in [0, 0.1) is 11.3 Å². The van der Waals surface area contributed by atoms with Crippen molar-refractivity contribution in [2.45, 2.75) is 46.6 Å². The van der Waals surface area contributed by atoms with Gasteiger partial charge in [0.25, 0.3) is 0 Å². The van der Waals surface area contributed by atoms with Crippen LogP contribution in [0.1, 0.15) is 41.0 Å². The van der Waals surface area contributed by atoms with Gasteiger partial charge < -0.3 is 14.7 Å². The average molecular weight is 257 g/mol. The Bertz CT molecular complexity index is 343. The molecule has 1 heterocycles. The van der Waals surface area contributed by atoms with E-state index in [0.717, 1.165) is 0 Å². The topological polar surface area (TPSA) is 66.8 Å². The molecule has 5 heteroatoms. The van der Waals surface area contributed by atoms with E-state index in [1.54, 1.807) is 20.8 Å². The number of carbonyl (C=O) groups is 2. The van der Waals surface area contributed by atoms with E-state index in [1.165, 1.54) is 4.90 Å². The summed E-state index contributed by atoms with van der Waals surface area (Å²) in [4.78, 5) is 24.6. The van der Waals surface area contributed by atoms with Crippen LogP contribution in [0.15, 0.2) is 0 Å². The van der Waals surface area contributed by atoms with Crippen molar-refractivity contribution in [3.05, 3.63) is 0 Å². The first kappa shape index (κ1) is 14.8. The highest BCUT2D eigenvalue weighted by atomic mass is 16.6. The maximum absolute atomic E-state index is 12.0. The Labute approximate surface area is 108 Å². The molecule has 1 aliphatic heterocycles. The first-order valence-electron chi connectivity index (χ1n) is 6.21. The normalized spacial score (nSPS) is 23.6. The summed E-state index contributed by atoms with van der Waals surface area (Å²) >= 11 is 0. The van der Waals surface area contributed by atoms with Crippen molar-refractivity contribution in [2.24, 2.45) is 11.3 Å². The van der Waals surface area contributed by atoms with E-state index in [1.807, 2.05) is 13.8 Å². The summed E-state index contributed by atoms with van der Waals surface area (Å²) in [6.07, 6.45) is 0.156. The number of rotatable bonds is 1. The van der Waals surface area contributed by atoms with Gasteiger partial charge in [0, 0.05) is 13.1 Å². The van der Waals surface area contributed by atoms with Crippen molar-refractivity contribution in [3.8, 4) is 0 Å². The highest BCUT2D eigenvalue weighted by Gasteiger charge is 2.39. The summed E-state index contributed by atoms with van der Waals surface area (Å²) in [7, 11) is 0. The van der Waals surface area contributed by atoms with Crippen LogP contribution < -0.4 is 0 Å². The zero-order valence-corrected chi connectivity index (χ0v) is 11.8. The smallest absolute Gasteiger partial charge is 0.410 e. The highest BCUT2D eigenvalue weighted by Crippen LogP contribution is 2.33. The molecule has 1 amide bonds. The van der Waals surface area contributed by atoms with Crippen LogP contribution in [0.25, 0.3) is 0 Å². The van der Waals surface area contributed by atoms with Gasteiger partial charge in [-0.25, -0.2) is 4.79 Å². The Kier molecular flexibility index (Phi) is 3.93. The lowest BCUT2D eigenvalue weighted by Crippen LogP contribution is -2.50. The van der Waals surface area contributed by atoms with Crippen molar-refractivity contribution >= 4 is 12.1 Å². The molecule has 0 saturated carbocycles. The van der Waals surface area contributed by atoms with Crippen molar-refractivity contribution in [1.82, 2.24) is 4.90 Å². The van der Waals surface area contributed by atoms with Gasteiger partial charge in [-0.15, -0.1) is 0 Å². The van der Waals surface area contributed by atoms with E-state index in [4.69, 9.17) is 9.84 Å². The summed E-state index contributed by atoms with van der Waals surface area (Å²) in [6.45, 7) is 10.1. The molecular weight excluding hydrogens is 234 g/mol. The lowest BCUT2D eigenvalue weighted by Gasteiger charge is -2.41. The molecule has 1 fully saturated rings. The molecule has 1 atom stereocenters. The molecule has 5 nitrogen and oxygen atoms in total. The van der Waals surface area contributed by atoms with Gasteiger partial charge in [-0.05, 0) is 32.6 Å². The number of carboxylic acids is 1. The predicted octanol–water partition coefficient (Wildman–Crippen LogP) is 2.35. The van der Waals surface area contributed by atoms with Crippen LogP contribution in [-0.4, -0.2) is 40.8 Å². The predicted molar refractivity (Wildman–Crippen MR) is 67.3 cm³/mol. The van der Waals surface area contributed by atoms with Crippen molar-refractivity contribution in [2.75, 3.05) is 13.1 Å². The van der Waals surface area contributed by atoms with E-state index in [0.29, 0.717) is 13.0 Å². The largest absolute Gasteiger partial charge is 0.481 e. The summed E-state index contributed by atoms with van der Waals surface area (Å²) in [5.74, 6) is -1.36. The maximum Gasteiger partial charge on any atom is 0.410 e. The second kappa shape index (κ2) is 4.78. The number of piperidine rings is 1. The maximum atomic E-state index is 12.0. The van der Waals surface area contributed by atoms with Crippen LogP contribution in [0.4, 0.5) is 4.79 Å². The molecule has 1 aliphatic rings. The number of amides is 1. The molecule has 0 radical (unpaired) electrons. The Morgan fingerprint density at radius 3 is 2.33 bits per heavy atom. The minimum atomic E-state index is -0.851. The van der Waals surface area contributed by atoms with Crippen molar-refractivity contribution in [1.29, 1.82) is 0 Å². The summed E-state index contributed by atoms with van der Waals surface area (Å²) < 4.78 is 5.29. The third-order valence-electron chi connectivity index (χ3n) is 2.86. The average Bonchev–Trinajstić information content (AvgIpc) is 2.12. The third-order valence-corrected chi connectivity index (χ3v) is 2.86. The number of ether oxygens (including phenoxy) is 1. The first-order valence-corrected chi connectivity index (χ1v) is 6.21. The van der Waals surface area contributed by atoms with Gasteiger partial charge >= 0.3 is 12.1 Å². The fourth-order valence-corrected chi connectivity index (χ4v) is 2.27. The van der Waals surface area contributed by atoms with Gasteiger partial charge in [-0.1, -0.05) is 13.8 Å². The zero-order chi connectivity index (χ0) is 14.1. The van der Waals surface area contributed by atoms with Gasteiger partial charge in [0.2, 0.25) is 0 Å². The number of aliphatic carboxylic acids is 1. The van der Waals surface area contributed by atoms with E-state index >= 15 is 0 Å². The number of nitrogens with zero attached hydrogens (tertiary/aromatic N) is 1. The Morgan fingerprint density at radius 1 is 1.33 bits per heavy atom. The van der Waals surface area contributed by atoms with Gasteiger partial charge in [0.15, 0.2) is 0 Å². The Hall–Kier alpha value is -1.26. The SMILES string of the molecule is CC1(C)C[C@H](C(=O)O)CN(C(=O)OC(C)(C)C)C1. The molecule has 104 valence electrons. The summed E-state index contributed by atoms with van der Waals surface area (Å²) in [5, 5.41) is 9.12. The molecule has 0 unspecified atom stereocenters. The second-order valence-electron chi connectivity index (χ2n) is 6.76. The molecule has 18 heavy (non-hydrogen) atoms. The zero-order valence-electron chi connectivity index (χ0n) is 11.8. The third kappa shape index (κ3) is 4.20. The van der Waals surface area contributed by atoms with Gasteiger partial charge in [0.05, 0.1) is 5.92 Å². The molecule has 0 bridgehead atoms. The van der Waals surface area contributed by atoms with Gasteiger partial charge in [0.1, 0.15) is 5.60 Å². The standard InChI is InChI=1S/C13H23NO4/c1-12(2,3)18-11(17)14-7-9(10(15)16)6-13(4,5)8-14/h9H,6-8H2,1-5H3,(H,15,16)/t9-/m0/s1. The molecule has 0 aromatic heterocycles. The highest BCUT2D eigenvalue weighted by molar-refractivity contribution is 5.73. The van der Waals surface area contributed by atoms with Crippen LogP contribution >= 0.6 is 0 Å². The second-order valence-corrected chi connectivity index (χ2v) is 6.76. The van der Waals surface area contributed by atoms with E-state index in [2.05, 4.69) is 0 Å². The number of likely N-dealkylation sites (tertiary alicyclic amines) is 1. The molecule has 1 N–H and O–H groups in total. The molecule has 0 spiro atoms. The molecule has 0 aromatic carbocycles. The summed E-state index contributed by atoms with van der Waals surface area (Å²) in [6, 6.07) is 0. The number of carbonyl (C=O) groups excluding carboxylic acids is 1. The van der Waals surface area contributed by atoms with Crippen molar-refractivity contribution < 1.29 is 19.4 Å². The number of hydrogen-bond acceptors (Lipinski definition) is 3. The van der Waals surface area contributed by atoms with Crippen LogP contribution in [0.3, 0.4) is 0 Å². The van der Waals surface area contributed by atoms with Crippen LogP contribution in [0.2, 0.25) is 0 Å². The quantitative estimate of drug-likeness (QED) is 0.783. The fourth-order valence-electron chi connectivity index (χ4n) is 2.27. The molecular formula is C13H23NO4.